The van der Waals surface area contributed by atoms with Crippen LogP contribution in [0, 0.1) is 17.3 Å². The van der Waals surface area contributed by atoms with E-state index in [-0.39, 0.29) is 37.5 Å². The summed E-state index contributed by atoms with van der Waals surface area (Å²) in [5.74, 6) is -1.14. The van der Waals surface area contributed by atoms with E-state index < -0.39 is 73.6 Å². The van der Waals surface area contributed by atoms with Crippen LogP contribution < -0.4 is 24.8 Å². The predicted molar refractivity (Wildman–Crippen MR) is 246 cm³/mol. The van der Waals surface area contributed by atoms with Crippen molar-refractivity contribution < 1.29 is 46.5 Å². The summed E-state index contributed by atoms with van der Waals surface area (Å²) < 4.78 is 53.1. The standard InChI is InChI=1S/C49H68N6O10S/c1-7-30-27-49(30,45(58)53-66(60,61)48(5)19-20-48)52-42(56)38-26-34-28-55(38)44(57)41(47(2,3)4)51-46(59)65-39-23-29(39)13-9-8-10-15-36-40(35-14-11-12-16-37(35)50-43(36)64-34)63-33-24-31-17-18-32(25-33)54(31)21-22-62-6/h7,11-12,14,16,29-34,38-39,41H,1,8-10,13,15,17-28H2,2-6H3,(H,51,59)(H,52,56)(H,53,58)/t29-,30-,31-,32+,33?,34-,38+,39-,41-,49-/m1/s1. The van der Waals surface area contributed by atoms with Gasteiger partial charge in [-0.2, -0.15) is 0 Å². The lowest BCUT2D eigenvalue weighted by Crippen LogP contribution is -2.60. The molecule has 7 aliphatic rings. The number of hydrogen-bond donors (Lipinski definition) is 3. The average molecular weight is 933 g/mol. The largest absolute Gasteiger partial charge is 0.489 e. The van der Waals surface area contributed by atoms with Crippen molar-refractivity contribution in [2.45, 2.75) is 170 Å². The molecule has 360 valence electrons. The molecule has 17 heteroatoms. The molecule has 1 aromatic carbocycles. The van der Waals surface area contributed by atoms with Crippen LogP contribution in [0.1, 0.15) is 117 Å². The number of aromatic nitrogens is 1. The highest BCUT2D eigenvalue weighted by Gasteiger charge is 2.63. The number of rotatable bonds is 11. The normalized spacial score (nSPS) is 33.2. The van der Waals surface area contributed by atoms with Gasteiger partial charge in [-0.25, -0.2) is 18.2 Å². The number of piperidine rings is 1. The molecule has 1 aromatic heterocycles. The highest BCUT2D eigenvalue weighted by molar-refractivity contribution is 7.91. The summed E-state index contributed by atoms with van der Waals surface area (Å²) in [5.41, 5.74) is -0.828. The van der Waals surface area contributed by atoms with Gasteiger partial charge in [0.25, 0.3) is 5.91 Å². The van der Waals surface area contributed by atoms with E-state index in [1.807, 2.05) is 45.0 Å². The Balaban J connectivity index is 1.05. The number of methoxy groups -OCH3 is 1. The van der Waals surface area contributed by atoms with Crippen LogP contribution in [-0.2, 0) is 40.3 Å². The van der Waals surface area contributed by atoms with Gasteiger partial charge in [0, 0.05) is 43.5 Å². The molecule has 0 spiro atoms. The van der Waals surface area contributed by atoms with Crippen molar-refractivity contribution in [2.24, 2.45) is 17.3 Å². The predicted octanol–water partition coefficient (Wildman–Crippen LogP) is 5.31. The van der Waals surface area contributed by atoms with Crippen molar-refractivity contribution in [3.05, 3.63) is 42.5 Å². The first kappa shape index (κ1) is 46.6. The Bertz CT molecular complexity index is 2340. The molecule has 3 saturated carbocycles. The zero-order valence-corrected chi connectivity index (χ0v) is 40.0. The minimum absolute atomic E-state index is 0.0123. The molecule has 5 heterocycles. The fourth-order valence-electron chi connectivity index (χ4n) is 11.0. The Hall–Kier alpha value is -4.48. The maximum Gasteiger partial charge on any atom is 0.408 e. The number of pyridine rings is 1. The van der Waals surface area contributed by atoms with Gasteiger partial charge in [0.1, 0.15) is 41.7 Å². The van der Waals surface area contributed by atoms with Gasteiger partial charge in [-0.15, -0.1) is 6.58 Å². The number of hydrogen-bond acceptors (Lipinski definition) is 12. The van der Waals surface area contributed by atoms with Crippen molar-refractivity contribution in [1.29, 1.82) is 0 Å². The van der Waals surface area contributed by atoms with Crippen molar-refractivity contribution in [2.75, 3.05) is 26.8 Å². The van der Waals surface area contributed by atoms with E-state index in [0.717, 1.165) is 81.0 Å². The van der Waals surface area contributed by atoms with Crippen LogP contribution in [0.2, 0.25) is 0 Å². The van der Waals surface area contributed by atoms with Crippen LogP contribution >= 0.6 is 0 Å². The molecule has 16 nitrogen and oxygen atoms in total. The number of ether oxygens (including phenoxy) is 4. The second kappa shape index (κ2) is 17.9. The molecular weight excluding hydrogens is 865 g/mol. The molecule has 2 aromatic rings. The molecule has 10 atom stereocenters. The van der Waals surface area contributed by atoms with Gasteiger partial charge < -0.3 is 34.5 Å². The number of fused-ring (bicyclic) bond motifs is 7. The van der Waals surface area contributed by atoms with Crippen LogP contribution in [-0.4, -0.2) is 127 Å². The summed E-state index contributed by atoms with van der Waals surface area (Å²) in [6, 6.07) is 6.50. The van der Waals surface area contributed by atoms with E-state index in [9.17, 15) is 27.6 Å². The molecule has 4 aliphatic heterocycles. The molecule has 4 amide bonds. The fourth-order valence-corrected chi connectivity index (χ4v) is 12.3. The molecule has 3 N–H and O–H groups in total. The van der Waals surface area contributed by atoms with Gasteiger partial charge in [0.15, 0.2) is 0 Å². The smallest absolute Gasteiger partial charge is 0.408 e. The summed E-state index contributed by atoms with van der Waals surface area (Å²) in [4.78, 5) is 66.2. The molecule has 66 heavy (non-hydrogen) atoms. The van der Waals surface area contributed by atoms with Crippen LogP contribution in [0.25, 0.3) is 10.9 Å². The fraction of sp³-hybridized carbons (Fsp3) is 0.694. The lowest BCUT2D eigenvalue weighted by atomic mass is 9.85. The number of sulfonamides is 1. The number of amides is 4. The first-order chi connectivity index (χ1) is 31.4. The van der Waals surface area contributed by atoms with Gasteiger partial charge in [-0.1, -0.05) is 51.8 Å². The minimum Gasteiger partial charge on any atom is -0.489 e. The third-order valence-corrected chi connectivity index (χ3v) is 17.7. The Morgan fingerprint density at radius 2 is 1.77 bits per heavy atom. The van der Waals surface area contributed by atoms with Gasteiger partial charge in [0.05, 0.1) is 29.0 Å². The maximum absolute atomic E-state index is 15.0. The lowest BCUT2D eigenvalue weighted by molar-refractivity contribution is -0.142. The third kappa shape index (κ3) is 9.24. The summed E-state index contributed by atoms with van der Waals surface area (Å²) in [6.45, 7) is 12.5. The molecule has 3 saturated heterocycles. The number of carbonyl (C=O) groups is 4. The van der Waals surface area contributed by atoms with E-state index in [0.29, 0.717) is 49.3 Å². The quantitative estimate of drug-likeness (QED) is 0.246. The van der Waals surface area contributed by atoms with Crippen LogP contribution in [0.15, 0.2) is 36.9 Å². The molecule has 3 aliphatic carbocycles. The number of carbonyl (C=O) groups excluding carboxylic acids is 4. The maximum atomic E-state index is 15.0. The Labute approximate surface area is 388 Å². The lowest BCUT2D eigenvalue weighted by Gasteiger charge is -2.39. The number of nitrogens with one attached hydrogen (secondary N) is 3. The molecule has 1 unspecified atom stereocenters. The summed E-state index contributed by atoms with van der Waals surface area (Å²) in [6.07, 6.45) is 9.96. The van der Waals surface area contributed by atoms with Crippen molar-refractivity contribution in [3.63, 3.8) is 0 Å². The molecule has 4 bridgehead atoms. The van der Waals surface area contributed by atoms with Crippen LogP contribution in [0.3, 0.4) is 0 Å². The SMILES string of the molecule is C=C[C@@H]1C[C@]1(NC(=O)[C@@H]1C[C@@H]2CN1C(=O)[C@H](C(C)(C)C)NC(=O)O[C@@H]1C[C@H]1CCCCCc1c(nc3ccccc3c1OC1C[C@H]3CC[C@@H](C1)N3CCOC)O2)C(=O)NS(=O)(=O)C1(C)CC1. The number of para-hydroxylation sites is 1. The summed E-state index contributed by atoms with van der Waals surface area (Å²) in [7, 11) is -2.27. The van der Waals surface area contributed by atoms with Gasteiger partial charge in [0.2, 0.25) is 27.7 Å². The summed E-state index contributed by atoms with van der Waals surface area (Å²) >= 11 is 0. The summed E-state index contributed by atoms with van der Waals surface area (Å²) in [5, 5.41) is 6.64. The number of alkyl carbamates (subject to hydrolysis) is 1. The Kier molecular flexibility index (Phi) is 12.6. The topological polar surface area (TPSA) is 195 Å². The molecule has 9 rings (SSSR count). The van der Waals surface area contributed by atoms with E-state index >= 15 is 0 Å². The second-order valence-electron chi connectivity index (χ2n) is 21.4. The van der Waals surface area contributed by atoms with E-state index in [4.69, 9.17) is 23.9 Å². The minimum atomic E-state index is -4.02. The Morgan fingerprint density at radius 3 is 2.45 bits per heavy atom. The first-order valence-corrected chi connectivity index (χ1v) is 25.7. The zero-order chi connectivity index (χ0) is 46.8. The Morgan fingerprint density at radius 1 is 1.03 bits per heavy atom. The first-order valence-electron chi connectivity index (χ1n) is 24.2. The van der Waals surface area contributed by atoms with Crippen molar-refractivity contribution >= 4 is 44.7 Å². The van der Waals surface area contributed by atoms with Gasteiger partial charge >= 0.3 is 6.09 Å². The molecular formula is C49H68N6O10S. The highest BCUT2D eigenvalue weighted by atomic mass is 32.2. The van der Waals surface area contributed by atoms with Crippen LogP contribution in [0.4, 0.5) is 4.79 Å². The zero-order valence-electron chi connectivity index (χ0n) is 39.1. The monoisotopic (exact) mass is 932 g/mol. The van der Waals surface area contributed by atoms with Crippen LogP contribution in [0.5, 0.6) is 11.6 Å². The van der Waals surface area contributed by atoms with Crippen molar-refractivity contribution in [3.8, 4) is 11.6 Å². The van der Waals surface area contributed by atoms with Gasteiger partial charge in [-0.3, -0.25) is 24.0 Å². The van der Waals surface area contributed by atoms with Crippen molar-refractivity contribution in [1.82, 2.24) is 30.1 Å². The highest BCUT2D eigenvalue weighted by Crippen LogP contribution is 2.48. The average Bonchev–Trinajstić information content (AvgIpc) is 4.23. The number of nitrogens with zero attached hydrogens (tertiary/aromatic N) is 3. The van der Waals surface area contributed by atoms with Gasteiger partial charge in [-0.05, 0) is 101 Å². The van der Waals surface area contributed by atoms with E-state index in [1.165, 1.54) is 11.0 Å². The third-order valence-electron chi connectivity index (χ3n) is 15.6. The van der Waals surface area contributed by atoms with E-state index in [2.05, 4.69) is 26.8 Å². The molecule has 6 fully saturated rings. The van der Waals surface area contributed by atoms with E-state index in [1.54, 1.807) is 14.0 Å². The molecule has 0 radical (unpaired) electrons. The second-order valence-corrected chi connectivity index (χ2v) is 23.6. The number of benzene rings is 1.